The molecular weight excluding hydrogens is 375 g/mol. The smallest absolute Gasteiger partial charge is 0.422 e. The summed E-state index contributed by atoms with van der Waals surface area (Å²) in [6, 6.07) is 9.55. The maximum Gasteiger partial charge on any atom is 0.422 e. The topological polar surface area (TPSA) is 73.9 Å². The third kappa shape index (κ3) is 4.94. The number of nitrogens with one attached hydrogen (secondary N) is 1. The minimum Gasteiger partial charge on any atom is -0.497 e. The predicted octanol–water partition coefficient (Wildman–Crippen LogP) is 3.45. The first-order chi connectivity index (χ1) is 12.2. The molecule has 0 aromatic heterocycles. The first-order valence-electron chi connectivity index (χ1n) is 7.20. The average Bonchev–Trinajstić information content (AvgIpc) is 2.59. The van der Waals surface area contributed by atoms with Crippen molar-refractivity contribution in [1.29, 1.82) is 0 Å². The highest BCUT2D eigenvalue weighted by atomic mass is 32.2. The molecule has 0 spiro atoms. The van der Waals surface area contributed by atoms with E-state index in [0.717, 1.165) is 0 Å². The van der Waals surface area contributed by atoms with Gasteiger partial charge in [-0.2, -0.15) is 13.2 Å². The van der Waals surface area contributed by atoms with E-state index in [-0.39, 0.29) is 27.8 Å². The second kappa shape index (κ2) is 7.73. The molecular formula is C16H16F3NO5S. The fourth-order valence-electron chi connectivity index (χ4n) is 2.03. The Morgan fingerprint density at radius 1 is 1.00 bits per heavy atom. The van der Waals surface area contributed by atoms with Gasteiger partial charge in [0.25, 0.3) is 10.0 Å². The van der Waals surface area contributed by atoms with Crippen LogP contribution in [-0.4, -0.2) is 35.4 Å². The van der Waals surface area contributed by atoms with Gasteiger partial charge in [0.15, 0.2) is 6.61 Å². The predicted molar refractivity (Wildman–Crippen MR) is 88.3 cm³/mol. The van der Waals surface area contributed by atoms with Crippen LogP contribution in [0.3, 0.4) is 0 Å². The van der Waals surface area contributed by atoms with E-state index in [2.05, 4.69) is 9.46 Å². The zero-order valence-electron chi connectivity index (χ0n) is 13.8. The molecule has 10 heteroatoms. The molecule has 0 heterocycles. The second-order valence-corrected chi connectivity index (χ2v) is 6.67. The van der Waals surface area contributed by atoms with Crippen molar-refractivity contribution in [1.82, 2.24) is 0 Å². The number of para-hydroxylation sites is 2. The summed E-state index contributed by atoms with van der Waals surface area (Å²) < 4.78 is 79.4. The molecule has 0 atom stereocenters. The molecule has 0 radical (unpaired) electrons. The molecule has 0 saturated carbocycles. The van der Waals surface area contributed by atoms with Gasteiger partial charge in [0.05, 0.1) is 19.9 Å². The molecule has 2 aromatic rings. The van der Waals surface area contributed by atoms with Crippen LogP contribution in [0, 0.1) is 0 Å². The summed E-state index contributed by atoms with van der Waals surface area (Å²) >= 11 is 0. The van der Waals surface area contributed by atoms with Gasteiger partial charge in [-0.05, 0) is 24.3 Å². The minimum atomic E-state index is -4.55. The van der Waals surface area contributed by atoms with Crippen molar-refractivity contribution in [3.63, 3.8) is 0 Å². The van der Waals surface area contributed by atoms with Gasteiger partial charge < -0.3 is 14.2 Å². The number of hydrogen-bond donors (Lipinski definition) is 1. The van der Waals surface area contributed by atoms with Gasteiger partial charge >= 0.3 is 6.18 Å². The Hall–Kier alpha value is -2.62. The maximum absolute atomic E-state index is 12.7. The van der Waals surface area contributed by atoms with Gasteiger partial charge in [0.1, 0.15) is 22.1 Å². The SMILES string of the molecule is COc1ccc(OC)c(S(=O)(=O)Nc2ccccc2OCC(F)(F)F)c1. The summed E-state index contributed by atoms with van der Waals surface area (Å²) in [5.74, 6) is 0.0648. The molecule has 0 aliphatic heterocycles. The fraction of sp³-hybridized carbons (Fsp3) is 0.250. The first-order valence-corrected chi connectivity index (χ1v) is 8.68. The Morgan fingerprint density at radius 3 is 2.31 bits per heavy atom. The highest BCUT2D eigenvalue weighted by molar-refractivity contribution is 7.92. The quantitative estimate of drug-likeness (QED) is 0.783. The standard InChI is InChI=1S/C16H16F3NO5S/c1-23-11-7-8-14(24-2)15(9-11)26(21,22)20-12-5-3-4-6-13(12)25-10-16(17,18)19/h3-9,20H,10H2,1-2H3. The van der Waals surface area contributed by atoms with Crippen LogP contribution in [-0.2, 0) is 10.0 Å². The van der Waals surface area contributed by atoms with Gasteiger partial charge in [-0.3, -0.25) is 4.72 Å². The Labute approximate surface area is 148 Å². The Morgan fingerprint density at radius 2 is 1.69 bits per heavy atom. The minimum absolute atomic E-state index is 0.0481. The lowest BCUT2D eigenvalue weighted by Gasteiger charge is -2.16. The monoisotopic (exact) mass is 391 g/mol. The van der Waals surface area contributed by atoms with Crippen LogP contribution < -0.4 is 18.9 Å². The van der Waals surface area contributed by atoms with Gasteiger partial charge in [-0.15, -0.1) is 0 Å². The van der Waals surface area contributed by atoms with Gasteiger partial charge in [-0.1, -0.05) is 12.1 Å². The highest BCUT2D eigenvalue weighted by Crippen LogP contribution is 2.32. The van der Waals surface area contributed by atoms with Crippen LogP contribution in [0.4, 0.5) is 18.9 Å². The van der Waals surface area contributed by atoms with Crippen LogP contribution in [0.2, 0.25) is 0 Å². The van der Waals surface area contributed by atoms with E-state index >= 15 is 0 Å². The summed E-state index contributed by atoms with van der Waals surface area (Å²) in [6.45, 7) is -1.55. The van der Waals surface area contributed by atoms with Crippen molar-refractivity contribution in [2.45, 2.75) is 11.1 Å². The van der Waals surface area contributed by atoms with Crippen LogP contribution in [0.15, 0.2) is 47.4 Å². The van der Waals surface area contributed by atoms with E-state index in [4.69, 9.17) is 9.47 Å². The number of anilines is 1. The van der Waals surface area contributed by atoms with Gasteiger partial charge in [0.2, 0.25) is 0 Å². The number of hydrogen-bond acceptors (Lipinski definition) is 5. The average molecular weight is 391 g/mol. The molecule has 0 unspecified atom stereocenters. The molecule has 2 rings (SSSR count). The summed E-state index contributed by atoms with van der Waals surface area (Å²) in [5.41, 5.74) is -0.137. The Kier molecular flexibility index (Phi) is 5.86. The molecule has 6 nitrogen and oxygen atoms in total. The van der Waals surface area contributed by atoms with E-state index in [1.54, 1.807) is 0 Å². The molecule has 0 bridgehead atoms. The van der Waals surface area contributed by atoms with E-state index in [9.17, 15) is 21.6 Å². The van der Waals surface area contributed by atoms with Crippen LogP contribution in [0.1, 0.15) is 0 Å². The Balaban J connectivity index is 2.36. The lowest BCUT2D eigenvalue weighted by Crippen LogP contribution is -2.20. The van der Waals surface area contributed by atoms with E-state index < -0.39 is 22.8 Å². The third-order valence-electron chi connectivity index (χ3n) is 3.18. The summed E-state index contributed by atoms with van der Waals surface area (Å²) in [6.07, 6.45) is -4.55. The van der Waals surface area contributed by atoms with Crippen molar-refractivity contribution in [2.75, 3.05) is 25.5 Å². The van der Waals surface area contributed by atoms with Crippen molar-refractivity contribution < 1.29 is 35.8 Å². The molecule has 0 amide bonds. The van der Waals surface area contributed by atoms with Crippen LogP contribution in [0.25, 0.3) is 0 Å². The Bertz CT molecular complexity index is 868. The van der Waals surface area contributed by atoms with Gasteiger partial charge in [0, 0.05) is 6.07 Å². The number of halogens is 3. The second-order valence-electron chi connectivity index (χ2n) is 5.02. The highest BCUT2D eigenvalue weighted by Gasteiger charge is 2.29. The zero-order chi connectivity index (χ0) is 19.4. The molecule has 0 aliphatic rings. The van der Waals surface area contributed by atoms with Crippen molar-refractivity contribution in [3.05, 3.63) is 42.5 Å². The zero-order valence-corrected chi connectivity index (χ0v) is 14.6. The molecule has 2 aromatic carbocycles. The maximum atomic E-state index is 12.7. The number of sulfonamides is 1. The fourth-order valence-corrected chi connectivity index (χ4v) is 3.29. The van der Waals surface area contributed by atoms with E-state index in [1.807, 2.05) is 0 Å². The number of rotatable bonds is 7. The van der Waals surface area contributed by atoms with Crippen LogP contribution in [0.5, 0.6) is 17.2 Å². The largest absolute Gasteiger partial charge is 0.497 e. The van der Waals surface area contributed by atoms with Crippen molar-refractivity contribution in [3.8, 4) is 17.2 Å². The normalized spacial score (nSPS) is 11.7. The number of ether oxygens (including phenoxy) is 3. The third-order valence-corrected chi connectivity index (χ3v) is 4.57. The first kappa shape index (κ1) is 19.7. The van der Waals surface area contributed by atoms with Crippen molar-refractivity contribution in [2.24, 2.45) is 0 Å². The summed E-state index contributed by atoms with van der Waals surface area (Å²) in [4.78, 5) is -0.232. The number of benzene rings is 2. The van der Waals surface area contributed by atoms with Crippen LogP contribution >= 0.6 is 0 Å². The van der Waals surface area contributed by atoms with E-state index in [0.29, 0.717) is 0 Å². The lowest BCUT2D eigenvalue weighted by molar-refractivity contribution is -0.153. The van der Waals surface area contributed by atoms with Crippen molar-refractivity contribution >= 4 is 15.7 Å². The molecule has 0 saturated heterocycles. The molecule has 1 N–H and O–H groups in total. The summed E-state index contributed by atoms with van der Waals surface area (Å²) in [7, 11) is -1.52. The van der Waals surface area contributed by atoms with Gasteiger partial charge in [-0.25, -0.2) is 8.42 Å². The lowest BCUT2D eigenvalue weighted by atomic mass is 10.3. The number of methoxy groups -OCH3 is 2. The van der Waals surface area contributed by atoms with E-state index in [1.165, 1.54) is 56.7 Å². The molecule has 0 fully saturated rings. The molecule has 26 heavy (non-hydrogen) atoms. The summed E-state index contributed by atoms with van der Waals surface area (Å²) in [5, 5.41) is 0. The molecule has 142 valence electrons. The number of alkyl halides is 3. The molecule has 0 aliphatic carbocycles.